The minimum Gasteiger partial charge on any atom is -0.393 e. The van der Waals surface area contributed by atoms with Crippen LogP contribution in [0, 0.1) is 5.92 Å². The second kappa shape index (κ2) is 11.5. The highest BCUT2D eigenvalue weighted by atomic mass is 16.3. The van der Waals surface area contributed by atoms with Gasteiger partial charge in [0.25, 0.3) is 0 Å². The lowest BCUT2D eigenvalue weighted by Crippen LogP contribution is -2.41. The van der Waals surface area contributed by atoms with Gasteiger partial charge in [-0.05, 0) is 78.3 Å². The Hall–Kier alpha value is -3.43. The maximum absolute atomic E-state index is 13.6. The number of hydrogen-bond donors (Lipinski definition) is 2. The second-order valence-electron chi connectivity index (χ2n) is 10.1. The van der Waals surface area contributed by atoms with E-state index in [1.54, 1.807) is 0 Å². The molecule has 36 heavy (non-hydrogen) atoms. The number of rotatable bonds is 9. The lowest BCUT2D eigenvalue weighted by molar-refractivity contribution is -0.126. The first-order valence-electron chi connectivity index (χ1n) is 13.2. The van der Waals surface area contributed by atoms with Gasteiger partial charge in [0.2, 0.25) is 5.91 Å². The van der Waals surface area contributed by atoms with Crippen molar-refractivity contribution in [3.05, 3.63) is 119 Å². The highest BCUT2D eigenvalue weighted by Crippen LogP contribution is 2.34. The fourth-order valence-electron chi connectivity index (χ4n) is 5.74. The second-order valence-corrected chi connectivity index (χ2v) is 10.1. The summed E-state index contributed by atoms with van der Waals surface area (Å²) < 4.78 is 0. The third-order valence-electron chi connectivity index (χ3n) is 7.56. The maximum Gasteiger partial charge on any atom is 0.224 e. The molecule has 0 aromatic heterocycles. The first kappa shape index (κ1) is 24.3. The highest BCUT2D eigenvalue weighted by Gasteiger charge is 2.30. The minimum atomic E-state index is -0.606. The molecule has 184 valence electrons. The van der Waals surface area contributed by atoms with Crippen LogP contribution < -0.4 is 5.32 Å². The van der Waals surface area contributed by atoms with Crippen LogP contribution in [-0.2, 0) is 17.6 Å². The van der Waals surface area contributed by atoms with Crippen LogP contribution in [0.3, 0.4) is 0 Å². The Kier molecular flexibility index (Phi) is 7.78. The van der Waals surface area contributed by atoms with Gasteiger partial charge >= 0.3 is 0 Å². The van der Waals surface area contributed by atoms with E-state index < -0.39 is 6.10 Å². The molecule has 0 spiro atoms. The van der Waals surface area contributed by atoms with Crippen molar-refractivity contribution in [1.82, 2.24) is 5.32 Å². The van der Waals surface area contributed by atoms with E-state index in [2.05, 4.69) is 53.9 Å². The van der Waals surface area contributed by atoms with Gasteiger partial charge < -0.3 is 10.4 Å². The fraction of sp³-hybridized carbons (Fsp3) is 0.303. The first-order chi connectivity index (χ1) is 17.7. The molecule has 0 fully saturated rings. The van der Waals surface area contributed by atoms with E-state index in [1.165, 1.54) is 11.1 Å². The number of amides is 1. The summed E-state index contributed by atoms with van der Waals surface area (Å²) in [6, 6.07) is 28.8. The topological polar surface area (TPSA) is 49.3 Å². The van der Waals surface area contributed by atoms with Crippen LogP contribution in [0.15, 0.2) is 108 Å². The number of allylic oxidation sites excluding steroid dienone is 3. The Morgan fingerprint density at radius 3 is 2.42 bits per heavy atom. The van der Waals surface area contributed by atoms with E-state index in [9.17, 15) is 9.90 Å². The molecule has 2 aliphatic carbocycles. The van der Waals surface area contributed by atoms with E-state index in [0.29, 0.717) is 19.3 Å². The standard InChI is InChI=1S/C33H35NO2/c35-29(22-27-16-8-9-17-30(27)25-13-5-2-6-14-25)23-28(21-24-11-3-1-4-12-24)33(36)34-32-20-19-26-15-7-10-18-31(26)32/h1-9,11-17,28-29,32,35H,10,18-23H2,(H,34,36). The van der Waals surface area contributed by atoms with Crippen molar-refractivity contribution in [2.75, 3.05) is 0 Å². The molecular weight excluding hydrogens is 442 g/mol. The molecule has 3 unspecified atom stereocenters. The number of hydrogen-bond acceptors (Lipinski definition) is 2. The largest absolute Gasteiger partial charge is 0.393 e. The molecule has 2 N–H and O–H groups in total. The Morgan fingerprint density at radius 1 is 0.889 bits per heavy atom. The molecule has 0 saturated carbocycles. The Balaban J connectivity index is 1.31. The molecule has 3 aromatic carbocycles. The zero-order chi connectivity index (χ0) is 24.7. The van der Waals surface area contributed by atoms with Crippen LogP contribution in [0.25, 0.3) is 11.1 Å². The van der Waals surface area contributed by atoms with Crippen molar-refractivity contribution < 1.29 is 9.90 Å². The predicted octanol–water partition coefficient (Wildman–Crippen LogP) is 6.43. The van der Waals surface area contributed by atoms with Crippen molar-refractivity contribution in [3.8, 4) is 11.1 Å². The van der Waals surface area contributed by atoms with Crippen molar-refractivity contribution in [2.45, 2.75) is 57.1 Å². The van der Waals surface area contributed by atoms with Crippen LogP contribution >= 0.6 is 0 Å². The van der Waals surface area contributed by atoms with E-state index >= 15 is 0 Å². The molecule has 0 heterocycles. The third kappa shape index (κ3) is 5.85. The molecule has 1 amide bonds. The molecule has 3 aromatic rings. The molecule has 3 nitrogen and oxygen atoms in total. The van der Waals surface area contributed by atoms with Gasteiger partial charge in [0, 0.05) is 5.92 Å². The lowest BCUT2D eigenvalue weighted by atomic mass is 9.88. The van der Waals surface area contributed by atoms with E-state index in [1.807, 2.05) is 48.5 Å². The first-order valence-corrected chi connectivity index (χ1v) is 13.2. The summed E-state index contributed by atoms with van der Waals surface area (Å²) in [6.45, 7) is 0. The zero-order valence-corrected chi connectivity index (χ0v) is 20.8. The Morgan fingerprint density at radius 2 is 1.61 bits per heavy atom. The van der Waals surface area contributed by atoms with Crippen LogP contribution in [0.4, 0.5) is 0 Å². The molecule has 0 radical (unpaired) electrons. The normalized spacial score (nSPS) is 18.5. The number of nitrogens with one attached hydrogen (secondary N) is 1. The molecule has 0 aliphatic heterocycles. The molecule has 5 rings (SSSR count). The van der Waals surface area contributed by atoms with Gasteiger partial charge in [-0.1, -0.05) is 97.1 Å². The maximum atomic E-state index is 13.6. The van der Waals surface area contributed by atoms with Crippen molar-refractivity contribution in [2.24, 2.45) is 5.92 Å². The molecule has 2 aliphatic rings. The van der Waals surface area contributed by atoms with Gasteiger partial charge in [0.05, 0.1) is 12.1 Å². The van der Waals surface area contributed by atoms with E-state index in [0.717, 1.165) is 47.9 Å². The number of carbonyl (C=O) groups is 1. The lowest BCUT2D eigenvalue weighted by Gasteiger charge is -2.25. The summed E-state index contributed by atoms with van der Waals surface area (Å²) in [5.41, 5.74) is 7.32. The molecule has 3 heteroatoms. The predicted molar refractivity (Wildman–Crippen MR) is 146 cm³/mol. The van der Waals surface area contributed by atoms with Crippen LogP contribution in [0.1, 0.15) is 43.2 Å². The van der Waals surface area contributed by atoms with Gasteiger partial charge in [-0.15, -0.1) is 0 Å². The average molecular weight is 478 g/mol. The number of benzene rings is 3. The highest BCUT2D eigenvalue weighted by molar-refractivity contribution is 5.80. The fourth-order valence-corrected chi connectivity index (χ4v) is 5.74. The van der Waals surface area contributed by atoms with Crippen LogP contribution in [-0.4, -0.2) is 23.2 Å². The van der Waals surface area contributed by atoms with Gasteiger partial charge in [0.1, 0.15) is 0 Å². The van der Waals surface area contributed by atoms with Gasteiger partial charge in [-0.3, -0.25) is 4.79 Å². The van der Waals surface area contributed by atoms with Gasteiger partial charge in [-0.2, -0.15) is 0 Å². The summed E-state index contributed by atoms with van der Waals surface area (Å²) in [5.74, 6) is -0.224. The SMILES string of the molecule is O=C(NC1CCC2=C1CCC=C2)C(Cc1ccccc1)CC(O)Cc1ccccc1-c1ccccc1. The molecule has 3 atom stereocenters. The summed E-state index contributed by atoms with van der Waals surface area (Å²) >= 11 is 0. The zero-order valence-electron chi connectivity index (χ0n) is 20.8. The van der Waals surface area contributed by atoms with E-state index in [4.69, 9.17) is 0 Å². The Labute approximate surface area is 214 Å². The minimum absolute atomic E-state index is 0.0579. The van der Waals surface area contributed by atoms with Gasteiger partial charge in [-0.25, -0.2) is 0 Å². The van der Waals surface area contributed by atoms with Crippen molar-refractivity contribution in [1.29, 1.82) is 0 Å². The molecule has 0 bridgehead atoms. The average Bonchev–Trinajstić information content (AvgIpc) is 3.32. The van der Waals surface area contributed by atoms with Crippen LogP contribution in [0.2, 0.25) is 0 Å². The number of carbonyl (C=O) groups excluding carboxylic acids is 1. The monoisotopic (exact) mass is 477 g/mol. The number of aliphatic hydroxyl groups is 1. The summed E-state index contributed by atoms with van der Waals surface area (Å²) in [4.78, 5) is 13.6. The summed E-state index contributed by atoms with van der Waals surface area (Å²) in [5, 5.41) is 14.6. The van der Waals surface area contributed by atoms with Crippen molar-refractivity contribution in [3.63, 3.8) is 0 Å². The molecular formula is C33H35NO2. The molecule has 0 saturated heterocycles. The van der Waals surface area contributed by atoms with E-state index in [-0.39, 0.29) is 17.9 Å². The third-order valence-corrected chi connectivity index (χ3v) is 7.56. The Bertz CT molecular complexity index is 1230. The van der Waals surface area contributed by atoms with Crippen LogP contribution in [0.5, 0.6) is 0 Å². The van der Waals surface area contributed by atoms with Gasteiger partial charge in [0.15, 0.2) is 0 Å². The summed E-state index contributed by atoms with van der Waals surface area (Å²) in [7, 11) is 0. The smallest absolute Gasteiger partial charge is 0.224 e. The van der Waals surface area contributed by atoms with Crippen molar-refractivity contribution >= 4 is 5.91 Å². The number of aliphatic hydroxyl groups excluding tert-OH is 1. The quantitative estimate of drug-likeness (QED) is 0.373. The summed E-state index contributed by atoms with van der Waals surface area (Å²) in [6.07, 6.45) is 9.57.